The molecule has 4 nitrogen and oxygen atoms in total. The van der Waals surface area contributed by atoms with Crippen LogP contribution in [0, 0.1) is 6.92 Å². The van der Waals surface area contributed by atoms with Gasteiger partial charge in [-0.15, -0.1) is 0 Å². The highest BCUT2D eigenvalue weighted by molar-refractivity contribution is 7.93. The number of nitrogens with one attached hydrogen (secondary N) is 1. The molecule has 0 saturated carbocycles. The van der Waals surface area contributed by atoms with E-state index in [-0.39, 0.29) is 5.25 Å². The predicted octanol–water partition coefficient (Wildman–Crippen LogP) is 1.51. The number of anilines is 1. The number of rotatable bonds is 3. The highest BCUT2D eigenvalue weighted by Gasteiger charge is 2.31. The summed E-state index contributed by atoms with van der Waals surface area (Å²) < 4.78 is 26.5. The number of sulfonamides is 1. The third-order valence-electron chi connectivity index (χ3n) is 3.54. The molecule has 5 heteroatoms. The van der Waals surface area contributed by atoms with Gasteiger partial charge in [-0.3, -0.25) is 4.31 Å². The monoisotopic (exact) mass is 268 g/mol. The van der Waals surface area contributed by atoms with Crippen LogP contribution in [-0.2, 0) is 10.0 Å². The first-order valence-corrected chi connectivity index (χ1v) is 7.78. The topological polar surface area (TPSA) is 49.4 Å². The molecule has 100 valence electrons. The van der Waals surface area contributed by atoms with Crippen molar-refractivity contribution in [2.75, 3.05) is 24.4 Å². The van der Waals surface area contributed by atoms with E-state index in [1.807, 2.05) is 31.2 Å². The van der Waals surface area contributed by atoms with Crippen LogP contribution in [0.1, 0.15) is 18.4 Å². The first-order valence-electron chi connectivity index (χ1n) is 6.27. The van der Waals surface area contributed by atoms with Crippen molar-refractivity contribution in [3.05, 3.63) is 29.8 Å². The van der Waals surface area contributed by atoms with Gasteiger partial charge in [0.15, 0.2) is 0 Å². The average molecular weight is 268 g/mol. The van der Waals surface area contributed by atoms with Gasteiger partial charge in [0.05, 0.1) is 10.9 Å². The number of piperidine rings is 1. The zero-order valence-electron chi connectivity index (χ0n) is 10.9. The third kappa shape index (κ3) is 2.52. The van der Waals surface area contributed by atoms with E-state index in [9.17, 15) is 8.42 Å². The molecule has 0 spiro atoms. The van der Waals surface area contributed by atoms with Crippen molar-refractivity contribution >= 4 is 15.7 Å². The average Bonchev–Trinajstić information content (AvgIpc) is 2.39. The Morgan fingerprint density at radius 3 is 2.44 bits per heavy atom. The lowest BCUT2D eigenvalue weighted by Crippen LogP contribution is -2.42. The first kappa shape index (κ1) is 13.4. The minimum absolute atomic E-state index is 0.261. The summed E-state index contributed by atoms with van der Waals surface area (Å²) in [5.74, 6) is 0. The molecule has 0 amide bonds. The standard InChI is InChI=1S/C13H20N2O2S/c1-11-5-3-4-6-13(11)15(2)18(16,17)12-7-9-14-10-8-12/h3-6,12,14H,7-10H2,1-2H3. The van der Waals surface area contributed by atoms with E-state index in [0.717, 1.165) is 24.3 Å². The van der Waals surface area contributed by atoms with Crippen LogP contribution in [-0.4, -0.2) is 33.8 Å². The molecule has 2 rings (SSSR count). The van der Waals surface area contributed by atoms with Crippen molar-refractivity contribution in [2.24, 2.45) is 0 Å². The quantitative estimate of drug-likeness (QED) is 0.904. The fraction of sp³-hybridized carbons (Fsp3) is 0.538. The number of aryl methyl sites for hydroxylation is 1. The van der Waals surface area contributed by atoms with E-state index >= 15 is 0 Å². The molecule has 1 aromatic rings. The molecule has 0 aliphatic carbocycles. The van der Waals surface area contributed by atoms with Crippen LogP contribution in [0.15, 0.2) is 24.3 Å². The molecule has 1 fully saturated rings. The molecule has 1 aromatic carbocycles. The Hall–Kier alpha value is -1.07. The second kappa shape index (κ2) is 5.28. The summed E-state index contributed by atoms with van der Waals surface area (Å²) >= 11 is 0. The lowest BCUT2D eigenvalue weighted by molar-refractivity contribution is 0.495. The molecule has 0 atom stereocenters. The molecular weight excluding hydrogens is 248 g/mol. The number of nitrogens with zero attached hydrogens (tertiary/aromatic N) is 1. The predicted molar refractivity (Wildman–Crippen MR) is 74.4 cm³/mol. The summed E-state index contributed by atoms with van der Waals surface area (Å²) in [6.07, 6.45) is 1.39. The van der Waals surface area contributed by atoms with Crippen molar-refractivity contribution in [2.45, 2.75) is 25.0 Å². The Morgan fingerprint density at radius 1 is 1.22 bits per heavy atom. The summed E-state index contributed by atoms with van der Waals surface area (Å²) in [4.78, 5) is 0. The van der Waals surface area contributed by atoms with Gasteiger partial charge in [-0.2, -0.15) is 0 Å². The number of para-hydroxylation sites is 1. The zero-order valence-corrected chi connectivity index (χ0v) is 11.7. The Labute approximate surface area is 109 Å². The summed E-state index contributed by atoms with van der Waals surface area (Å²) in [6.45, 7) is 3.50. The van der Waals surface area contributed by atoms with E-state index in [1.54, 1.807) is 7.05 Å². The van der Waals surface area contributed by atoms with E-state index in [2.05, 4.69) is 5.32 Å². The van der Waals surface area contributed by atoms with Crippen LogP contribution in [0.5, 0.6) is 0 Å². The Morgan fingerprint density at radius 2 is 1.83 bits per heavy atom. The molecule has 0 radical (unpaired) electrons. The van der Waals surface area contributed by atoms with Crippen LogP contribution < -0.4 is 9.62 Å². The minimum Gasteiger partial charge on any atom is -0.317 e. The molecular formula is C13H20N2O2S. The lowest BCUT2D eigenvalue weighted by Gasteiger charge is -2.29. The number of hydrogen-bond donors (Lipinski definition) is 1. The van der Waals surface area contributed by atoms with Crippen molar-refractivity contribution in [3.63, 3.8) is 0 Å². The van der Waals surface area contributed by atoms with E-state index in [0.29, 0.717) is 12.8 Å². The maximum absolute atomic E-state index is 12.5. The molecule has 1 aliphatic rings. The van der Waals surface area contributed by atoms with Gasteiger partial charge >= 0.3 is 0 Å². The third-order valence-corrected chi connectivity index (χ3v) is 5.82. The zero-order chi connectivity index (χ0) is 13.2. The Bertz CT molecular complexity index is 507. The van der Waals surface area contributed by atoms with E-state index in [1.165, 1.54) is 4.31 Å². The molecule has 1 heterocycles. The molecule has 1 saturated heterocycles. The van der Waals surface area contributed by atoms with Crippen LogP contribution in [0.4, 0.5) is 5.69 Å². The fourth-order valence-corrected chi connectivity index (χ4v) is 4.13. The molecule has 0 unspecified atom stereocenters. The maximum atomic E-state index is 12.5. The van der Waals surface area contributed by atoms with E-state index in [4.69, 9.17) is 0 Å². The van der Waals surface area contributed by atoms with Gasteiger partial charge in [-0.1, -0.05) is 18.2 Å². The largest absolute Gasteiger partial charge is 0.317 e. The first-order chi connectivity index (χ1) is 8.53. The van der Waals surface area contributed by atoms with Crippen LogP contribution >= 0.6 is 0 Å². The van der Waals surface area contributed by atoms with Crippen molar-refractivity contribution in [3.8, 4) is 0 Å². The van der Waals surface area contributed by atoms with Gasteiger partial charge in [-0.25, -0.2) is 8.42 Å². The number of benzene rings is 1. The molecule has 1 N–H and O–H groups in total. The normalized spacial score (nSPS) is 17.7. The van der Waals surface area contributed by atoms with Crippen molar-refractivity contribution in [1.29, 1.82) is 0 Å². The summed E-state index contributed by atoms with van der Waals surface area (Å²) in [6, 6.07) is 7.58. The molecule has 0 aromatic heterocycles. The molecule has 18 heavy (non-hydrogen) atoms. The molecule has 1 aliphatic heterocycles. The van der Waals surface area contributed by atoms with Gasteiger partial charge in [-0.05, 0) is 44.5 Å². The number of hydrogen-bond acceptors (Lipinski definition) is 3. The van der Waals surface area contributed by atoms with Crippen LogP contribution in [0.3, 0.4) is 0 Å². The lowest BCUT2D eigenvalue weighted by atomic mass is 10.2. The fourth-order valence-electron chi connectivity index (χ4n) is 2.37. The summed E-state index contributed by atoms with van der Waals surface area (Å²) in [5, 5.41) is 2.93. The summed E-state index contributed by atoms with van der Waals surface area (Å²) in [7, 11) is -1.59. The highest BCUT2D eigenvalue weighted by atomic mass is 32.2. The second-order valence-corrected chi connectivity index (χ2v) is 6.99. The Kier molecular flexibility index (Phi) is 3.92. The smallest absolute Gasteiger partial charge is 0.237 e. The Balaban J connectivity index is 2.27. The van der Waals surface area contributed by atoms with Crippen molar-refractivity contribution < 1.29 is 8.42 Å². The summed E-state index contributed by atoms with van der Waals surface area (Å²) in [5.41, 5.74) is 1.76. The van der Waals surface area contributed by atoms with Crippen molar-refractivity contribution in [1.82, 2.24) is 5.32 Å². The van der Waals surface area contributed by atoms with Gasteiger partial charge in [0.25, 0.3) is 0 Å². The maximum Gasteiger partial charge on any atom is 0.237 e. The second-order valence-electron chi connectivity index (χ2n) is 4.75. The van der Waals surface area contributed by atoms with Gasteiger partial charge < -0.3 is 5.32 Å². The van der Waals surface area contributed by atoms with Gasteiger partial charge in [0.2, 0.25) is 10.0 Å². The van der Waals surface area contributed by atoms with Crippen LogP contribution in [0.2, 0.25) is 0 Å². The van der Waals surface area contributed by atoms with Crippen LogP contribution in [0.25, 0.3) is 0 Å². The van der Waals surface area contributed by atoms with E-state index < -0.39 is 10.0 Å². The minimum atomic E-state index is -3.24. The molecule has 0 bridgehead atoms. The van der Waals surface area contributed by atoms with Gasteiger partial charge in [0, 0.05) is 7.05 Å². The highest BCUT2D eigenvalue weighted by Crippen LogP contribution is 2.25. The van der Waals surface area contributed by atoms with Gasteiger partial charge in [0.1, 0.15) is 0 Å². The SMILES string of the molecule is Cc1ccccc1N(C)S(=O)(=O)C1CCNCC1.